The second-order valence-electron chi connectivity index (χ2n) is 4.76. The van der Waals surface area contributed by atoms with Crippen molar-refractivity contribution in [1.29, 1.82) is 0 Å². The number of carbonyl (C=O) groups excluding carboxylic acids is 1. The molecule has 0 aliphatic carbocycles. The maximum atomic E-state index is 12.1. The van der Waals surface area contributed by atoms with Crippen LogP contribution in [0.25, 0.3) is 0 Å². The molecule has 0 unspecified atom stereocenters. The van der Waals surface area contributed by atoms with Crippen LogP contribution in [-0.2, 0) is 14.8 Å². The molecule has 1 amide bonds. The van der Waals surface area contributed by atoms with E-state index in [9.17, 15) is 13.2 Å². The maximum Gasteiger partial charge on any atom is 0.241 e. The minimum absolute atomic E-state index is 0.0574. The summed E-state index contributed by atoms with van der Waals surface area (Å²) in [5.74, 6) is -0.577. The smallest absolute Gasteiger partial charge is 0.241 e. The van der Waals surface area contributed by atoms with Crippen LogP contribution in [0.5, 0.6) is 0 Å². The van der Waals surface area contributed by atoms with E-state index in [2.05, 4.69) is 20.7 Å². The molecule has 0 heterocycles. The first kappa shape index (κ1) is 15.9. The van der Waals surface area contributed by atoms with Gasteiger partial charge in [-0.25, -0.2) is 13.1 Å². The zero-order valence-electron chi connectivity index (χ0n) is 10.6. The third-order valence-corrected chi connectivity index (χ3v) is 4.99. The molecule has 0 bridgehead atoms. The first-order valence-corrected chi connectivity index (χ1v) is 7.68. The first-order valence-electron chi connectivity index (χ1n) is 5.41. The van der Waals surface area contributed by atoms with Crippen molar-refractivity contribution in [3.63, 3.8) is 0 Å². The van der Waals surface area contributed by atoms with E-state index in [0.29, 0.717) is 10.2 Å². The Morgan fingerprint density at radius 3 is 2.47 bits per heavy atom. The van der Waals surface area contributed by atoms with Gasteiger partial charge in [0.2, 0.25) is 15.9 Å². The van der Waals surface area contributed by atoms with E-state index < -0.39 is 21.3 Å². The fourth-order valence-corrected chi connectivity index (χ4v) is 3.48. The monoisotopic (exact) mass is 349 g/mol. The Kier molecular flexibility index (Phi) is 4.59. The van der Waals surface area contributed by atoms with Crippen LogP contribution in [0.4, 0.5) is 5.69 Å². The number of carbonyl (C=O) groups is 1. The van der Waals surface area contributed by atoms with Gasteiger partial charge in [0.1, 0.15) is 0 Å². The van der Waals surface area contributed by atoms with Gasteiger partial charge in [-0.2, -0.15) is 0 Å². The van der Waals surface area contributed by atoms with Crippen molar-refractivity contribution in [3.05, 3.63) is 22.7 Å². The lowest BCUT2D eigenvalue weighted by Gasteiger charge is -2.21. The Labute approximate surface area is 120 Å². The summed E-state index contributed by atoms with van der Waals surface area (Å²) in [4.78, 5) is 11.2. The van der Waals surface area contributed by atoms with E-state index >= 15 is 0 Å². The summed E-state index contributed by atoms with van der Waals surface area (Å²) in [6.07, 6.45) is 0. The molecule has 0 radical (unpaired) electrons. The molecule has 1 aromatic rings. The number of primary amides is 1. The van der Waals surface area contributed by atoms with Crippen LogP contribution in [0, 0.1) is 5.41 Å². The number of halogens is 1. The molecule has 0 saturated heterocycles. The molecule has 0 atom stereocenters. The van der Waals surface area contributed by atoms with Crippen LogP contribution in [0.15, 0.2) is 27.6 Å². The maximum absolute atomic E-state index is 12.1. The van der Waals surface area contributed by atoms with E-state index in [1.807, 2.05) is 0 Å². The standard InChI is InChI=1S/C11H16BrN3O3S/c1-11(2,10(14)16)6-15-19(17,18)9-4-3-7(13)5-8(9)12/h3-5,15H,6,13H2,1-2H3,(H2,14,16). The van der Waals surface area contributed by atoms with Crippen LogP contribution in [0.3, 0.4) is 0 Å². The van der Waals surface area contributed by atoms with E-state index in [4.69, 9.17) is 11.5 Å². The van der Waals surface area contributed by atoms with Gasteiger partial charge in [-0.05, 0) is 48.0 Å². The van der Waals surface area contributed by atoms with Crippen LogP contribution >= 0.6 is 15.9 Å². The summed E-state index contributed by atoms with van der Waals surface area (Å²) < 4.78 is 26.9. The number of hydrogen-bond donors (Lipinski definition) is 3. The van der Waals surface area contributed by atoms with Gasteiger partial charge in [-0.15, -0.1) is 0 Å². The molecule has 6 nitrogen and oxygen atoms in total. The molecule has 1 rings (SSSR count). The predicted molar refractivity (Wildman–Crippen MR) is 76.7 cm³/mol. The van der Waals surface area contributed by atoms with Crippen LogP contribution in [0.2, 0.25) is 0 Å². The third kappa shape index (κ3) is 3.92. The van der Waals surface area contributed by atoms with Crippen molar-refractivity contribution in [2.24, 2.45) is 11.1 Å². The average molecular weight is 350 g/mol. The largest absolute Gasteiger partial charge is 0.399 e. The van der Waals surface area contributed by atoms with E-state index in [-0.39, 0.29) is 11.4 Å². The third-order valence-electron chi connectivity index (χ3n) is 2.62. The molecule has 0 aromatic heterocycles. The molecule has 0 aliphatic rings. The van der Waals surface area contributed by atoms with Gasteiger partial charge in [-0.3, -0.25) is 4.79 Å². The van der Waals surface area contributed by atoms with Crippen molar-refractivity contribution in [3.8, 4) is 0 Å². The van der Waals surface area contributed by atoms with Crippen molar-refractivity contribution in [2.45, 2.75) is 18.7 Å². The number of nitrogens with one attached hydrogen (secondary N) is 1. The molecular weight excluding hydrogens is 334 g/mol. The minimum Gasteiger partial charge on any atom is -0.399 e. The molecule has 0 saturated carbocycles. The highest BCUT2D eigenvalue weighted by atomic mass is 79.9. The van der Waals surface area contributed by atoms with Crippen molar-refractivity contribution in [1.82, 2.24) is 4.72 Å². The van der Waals surface area contributed by atoms with Crippen molar-refractivity contribution < 1.29 is 13.2 Å². The molecule has 1 aromatic carbocycles. The fraction of sp³-hybridized carbons (Fsp3) is 0.364. The highest BCUT2D eigenvalue weighted by molar-refractivity contribution is 9.10. The molecular formula is C11H16BrN3O3S. The molecule has 0 fully saturated rings. The van der Waals surface area contributed by atoms with Crippen LogP contribution in [-0.4, -0.2) is 20.9 Å². The van der Waals surface area contributed by atoms with Crippen molar-refractivity contribution >= 4 is 37.5 Å². The Bertz CT molecular complexity index is 599. The number of benzene rings is 1. The SMILES string of the molecule is CC(C)(CNS(=O)(=O)c1ccc(N)cc1Br)C(N)=O. The average Bonchev–Trinajstić information content (AvgIpc) is 2.26. The summed E-state index contributed by atoms with van der Waals surface area (Å²) in [7, 11) is -3.73. The second-order valence-corrected chi connectivity index (χ2v) is 7.35. The minimum atomic E-state index is -3.73. The van der Waals surface area contributed by atoms with Gasteiger partial charge >= 0.3 is 0 Å². The van der Waals surface area contributed by atoms with Gasteiger partial charge in [0, 0.05) is 16.7 Å². The topological polar surface area (TPSA) is 115 Å². The highest BCUT2D eigenvalue weighted by Crippen LogP contribution is 2.24. The van der Waals surface area contributed by atoms with Gasteiger partial charge in [0.15, 0.2) is 0 Å². The van der Waals surface area contributed by atoms with Crippen molar-refractivity contribution in [2.75, 3.05) is 12.3 Å². The van der Waals surface area contributed by atoms with Gasteiger partial charge in [0.05, 0.1) is 10.3 Å². The lowest BCUT2D eigenvalue weighted by Crippen LogP contribution is -2.42. The zero-order chi connectivity index (χ0) is 14.8. The normalized spacial score (nSPS) is 12.4. The summed E-state index contributed by atoms with van der Waals surface area (Å²) in [6.45, 7) is 3.05. The second kappa shape index (κ2) is 5.48. The number of sulfonamides is 1. The van der Waals surface area contributed by atoms with E-state index in [0.717, 1.165) is 0 Å². The Morgan fingerprint density at radius 1 is 1.42 bits per heavy atom. The number of nitrogen functional groups attached to an aromatic ring is 1. The quantitative estimate of drug-likeness (QED) is 0.682. The molecule has 0 spiro atoms. The fourth-order valence-electron chi connectivity index (χ4n) is 1.18. The molecule has 0 aliphatic heterocycles. The highest BCUT2D eigenvalue weighted by Gasteiger charge is 2.28. The van der Waals surface area contributed by atoms with Crippen LogP contribution in [0.1, 0.15) is 13.8 Å². The Morgan fingerprint density at radius 2 is 2.00 bits per heavy atom. The van der Waals surface area contributed by atoms with Gasteiger partial charge in [-0.1, -0.05) is 0 Å². The van der Waals surface area contributed by atoms with Gasteiger partial charge in [0.25, 0.3) is 0 Å². The number of nitrogens with two attached hydrogens (primary N) is 2. The molecule has 8 heteroatoms. The van der Waals surface area contributed by atoms with E-state index in [1.165, 1.54) is 18.2 Å². The molecule has 19 heavy (non-hydrogen) atoms. The first-order chi connectivity index (χ1) is 8.56. The lowest BCUT2D eigenvalue weighted by atomic mass is 9.93. The summed E-state index contributed by atoms with van der Waals surface area (Å²) in [5, 5.41) is 0. The Balaban J connectivity index is 2.97. The zero-order valence-corrected chi connectivity index (χ0v) is 13.0. The number of hydrogen-bond acceptors (Lipinski definition) is 4. The molecule has 5 N–H and O–H groups in total. The predicted octanol–water partition coefficient (Wildman–Crippen LogP) is 0.821. The van der Waals surface area contributed by atoms with Gasteiger partial charge < -0.3 is 11.5 Å². The number of amides is 1. The van der Waals surface area contributed by atoms with E-state index in [1.54, 1.807) is 13.8 Å². The number of rotatable bonds is 5. The lowest BCUT2D eigenvalue weighted by molar-refractivity contribution is -0.125. The summed E-state index contributed by atoms with van der Waals surface area (Å²) >= 11 is 3.14. The number of anilines is 1. The van der Waals surface area contributed by atoms with Crippen LogP contribution < -0.4 is 16.2 Å². The molecule has 106 valence electrons. The summed E-state index contributed by atoms with van der Waals surface area (Å²) in [5.41, 5.74) is 10.2. The summed E-state index contributed by atoms with van der Waals surface area (Å²) in [6, 6.07) is 4.37. The Hall–Kier alpha value is -1.12.